The zero-order valence-corrected chi connectivity index (χ0v) is 37.6. The molecule has 0 aliphatic rings. The first-order valence-electron chi connectivity index (χ1n) is 23.1. The molecule has 14 aromatic rings. The van der Waals surface area contributed by atoms with Crippen LogP contribution >= 0.6 is 11.3 Å². The standard InChI is InChI=1S/C64H40N2OS/c1-2-13-44-38-46(25-24-41(44)12-1)45-14-11-15-50(39-45)65(48-31-26-42(27-32-48)47-30-37-62-56(40-47)54-19-6-10-23-61(54)68-62)59-36-35-55-53-18-5-9-22-60(53)67-64(55)63(59)43-28-33-49(34-29-43)66-57-20-7-3-16-51(57)52-17-4-8-21-58(52)66/h1-40H. The molecule has 0 radical (unpaired) electrons. The fraction of sp³-hybridized carbons (Fsp3) is 0. The fourth-order valence-electron chi connectivity index (χ4n) is 10.6. The Morgan fingerprint density at radius 2 is 0.971 bits per heavy atom. The van der Waals surface area contributed by atoms with E-state index in [1.54, 1.807) is 0 Å². The molecule has 0 bridgehead atoms. The maximum atomic E-state index is 6.96. The van der Waals surface area contributed by atoms with E-state index < -0.39 is 0 Å². The second-order valence-electron chi connectivity index (χ2n) is 17.7. The van der Waals surface area contributed by atoms with Crippen molar-refractivity contribution in [1.29, 1.82) is 0 Å². The lowest BCUT2D eigenvalue weighted by Crippen LogP contribution is -2.11. The monoisotopic (exact) mass is 884 g/mol. The van der Waals surface area contributed by atoms with Gasteiger partial charge in [-0.15, -0.1) is 11.3 Å². The van der Waals surface area contributed by atoms with Gasteiger partial charge in [0.1, 0.15) is 11.2 Å². The Morgan fingerprint density at radius 1 is 0.353 bits per heavy atom. The number of anilines is 3. The molecule has 0 aliphatic heterocycles. The summed E-state index contributed by atoms with van der Waals surface area (Å²) in [5.41, 5.74) is 15.1. The molecule has 0 spiro atoms. The van der Waals surface area contributed by atoms with E-state index in [0.29, 0.717) is 0 Å². The normalized spacial score (nSPS) is 11.8. The van der Waals surface area contributed by atoms with Crippen LogP contribution in [-0.2, 0) is 0 Å². The third-order valence-corrected chi connectivity index (χ3v) is 14.9. The first-order valence-corrected chi connectivity index (χ1v) is 24.0. The van der Waals surface area contributed by atoms with Crippen molar-refractivity contribution in [2.75, 3.05) is 4.90 Å². The molecule has 0 fully saturated rings. The van der Waals surface area contributed by atoms with E-state index in [4.69, 9.17) is 4.42 Å². The first kappa shape index (κ1) is 38.6. The maximum Gasteiger partial charge on any atom is 0.145 e. The van der Waals surface area contributed by atoms with Gasteiger partial charge in [0.05, 0.1) is 16.7 Å². The number of furan rings is 1. The summed E-state index contributed by atoms with van der Waals surface area (Å²) in [5.74, 6) is 0. The summed E-state index contributed by atoms with van der Waals surface area (Å²) in [6, 6.07) is 88.3. The van der Waals surface area contributed by atoms with Crippen molar-refractivity contribution in [3.8, 4) is 39.1 Å². The predicted octanol–water partition coefficient (Wildman–Crippen LogP) is 18.7. The van der Waals surface area contributed by atoms with E-state index in [0.717, 1.165) is 61.4 Å². The molecular formula is C64H40N2OS. The van der Waals surface area contributed by atoms with Gasteiger partial charge in [-0.1, -0.05) is 152 Å². The van der Waals surface area contributed by atoms with E-state index in [9.17, 15) is 0 Å². The number of benzene rings is 11. The zero-order valence-electron chi connectivity index (χ0n) is 36.8. The summed E-state index contributed by atoms with van der Waals surface area (Å²) in [6.07, 6.45) is 0. The smallest absolute Gasteiger partial charge is 0.145 e. The number of thiophene rings is 1. The highest BCUT2D eigenvalue weighted by molar-refractivity contribution is 7.25. The quantitative estimate of drug-likeness (QED) is 0.159. The lowest BCUT2D eigenvalue weighted by Gasteiger charge is -2.28. The molecule has 3 aromatic heterocycles. The predicted molar refractivity (Wildman–Crippen MR) is 289 cm³/mol. The molecule has 0 N–H and O–H groups in total. The van der Waals surface area contributed by atoms with Crippen LogP contribution in [0.25, 0.3) is 114 Å². The Hall–Kier alpha value is -8.70. The second-order valence-corrected chi connectivity index (χ2v) is 18.7. The lowest BCUT2D eigenvalue weighted by atomic mass is 9.97. The van der Waals surface area contributed by atoms with Gasteiger partial charge in [0.2, 0.25) is 0 Å². The molecule has 0 amide bonds. The number of fused-ring (bicyclic) bond motifs is 10. The molecule has 68 heavy (non-hydrogen) atoms. The Balaban J connectivity index is 0.967. The number of para-hydroxylation sites is 3. The van der Waals surface area contributed by atoms with Gasteiger partial charge in [-0.2, -0.15) is 0 Å². The van der Waals surface area contributed by atoms with Crippen molar-refractivity contribution in [2.45, 2.75) is 0 Å². The second kappa shape index (κ2) is 15.5. The lowest BCUT2D eigenvalue weighted by molar-refractivity contribution is 0.670. The largest absolute Gasteiger partial charge is 0.455 e. The van der Waals surface area contributed by atoms with Crippen molar-refractivity contribution in [1.82, 2.24) is 4.57 Å². The molecule has 3 nitrogen and oxygen atoms in total. The molecule has 4 heteroatoms. The minimum absolute atomic E-state index is 0.858. The van der Waals surface area contributed by atoms with Gasteiger partial charge < -0.3 is 13.9 Å². The highest BCUT2D eigenvalue weighted by Gasteiger charge is 2.24. The number of nitrogens with zero attached hydrogens (tertiary/aromatic N) is 2. The summed E-state index contributed by atoms with van der Waals surface area (Å²) < 4.78 is 12.0. The van der Waals surface area contributed by atoms with Crippen LogP contribution in [0.4, 0.5) is 17.1 Å². The van der Waals surface area contributed by atoms with Gasteiger partial charge in [-0.25, -0.2) is 0 Å². The van der Waals surface area contributed by atoms with Gasteiger partial charge in [0.25, 0.3) is 0 Å². The number of rotatable bonds is 7. The third-order valence-electron chi connectivity index (χ3n) is 13.8. The first-order chi connectivity index (χ1) is 33.7. The number of aromatic nitrogens is 1. The maximum absolute atomic E-state index is 6.96. The van der Waals surface area contributed by atoms with Gasteiger partial charge in [0, 0.05) is 64.3 Å². The molecule has 0 unspecified atom stereocenters. The molecular weight excluding hydrogens is 845 g/mol. The highest BCUT2D eigenvalue weighted by atomic mass is 32.1. The number of hydrogen-bond acceptors (Lipinski definition) is 3. The fourth-order valence-corrected chi connectivity index (χ4v) is 11.6. The van der Waals surface area contributed by atoms with Crippen molar-refractivity contribution in [3.63, 3.8) is 0 Å². The van der Waals surface area contributed by atoms with Crippen LogP contribution < -0.4 is 4.90 Å². The van der Waals surface area contributed by atoms with Crippen LogP contribution in [0.2, 0.25) is 0 Å². The summed E-state index contributed by atoms with van der Waals surface area (Å²) >= 11 is 1.85. The van der Waals surface area contributed by atoms with E-state index in [-0.39, 0.29) is 0 Å². The molecule has 0 saturated heterocycles. The Kier molecular flexibility index (Phi) is 8.76. The molecule has 14 rings (SSSR count). The average Bonchev–Trinajstić information content (AvgIpc) is 4.08. The minimum atomic E-state index is 0.858. The van der Waals surface area contributed by atoms with Crippen molar-refractivity contribution in [3.05, 3.63) is 243 Å². The van der Waals surface area contributed by atoms with Gasteiger partial charge >= 0.3 is 0 Å². The van der Waals surface area contributed by atoms with Crippen molar-refractivity contribution >= 4 is 103 Å². The van der Waals surface area contributed by atoms with Gasteiger partial charge in [0.15, 0.2) is 0 Å². The SMILES string of the molecule is c1cc(-c2ccc3ccccc3c2)cc(N(c2ccc(-c3ccc4sc5ccccc5c4c3)cc2)c2ccc3c(oc4ccccc43)c2-c2ccc(-n3c4ccccc4c4ccccc43)cc2)c1. The average molecular weight is 885 g/mol. The summed E-state index contributed by atoms with van der Waals surface area (Å²) in [7, 11) is 0. The van der Waals surface area contributed by atoms with Crippen molar-refractivity contribution in [2.24, 2.45) is 0 Å². The van der Waals surface area contributed by atoms with Crippen molar-refractivity contribution < 1.29 is 4.42 Å². The molecule has 0 atom stereocenters. The number of hydrogen-bond donors (Lipinski definition) is 0. The van der Waals surface area contributed by atoms with Crippen LogP contribution in [0.3, 0.4) is 0 Å². The van der Waals surface area contributed by atoms with E-state index in [1.165, 1.54) is 69.4 Å². The van der Waals surface area contributed by atoms with Crippen LogP contribution in [0.15, 0.2) is 247 Å². The molecule has 0 aliphatic carbocycles. The van der Waals surface area contributed by atoms with E-state index in [2.05, 4.69) is 252 Å². The van der Waals surface area contributed by atoms with Gasteiger partial charge in [-0.05, 0) is 130 Å². The molecule has 3 heterocycles. The minimum Gasteiger partial charge on any atom is -0.455 e. The van der Waals surface area contributed by atoms with Crippen LogP contribution in [-0.4, -0.2) is 4.57 Å². The topological polar surface area (TPSA) is 21.3 Å². The van der Waals surface area contributed by atoms with Crippen LogP contribution in [0.5, 0.6) is 0 Å². The van der Waals surface area contributed by atoms with Crippen LogP contribution in [0.1, 0.15) is 0 Å². The highest BCUT2D eigenvalue weighted by Crippen LogP contribution is 2.48. The Labute approximate surface area is 396 Å². The summed E-state index contributed by atoms with van der Waals surface area (Å²) in [5, 5.41) is 9.73. The zero-order chi connectivity index (χ0) is 44.7. The Morgan fingerprint density at radius 3 is 1.78 bits per heavy atom. The summed E-state index contributed by atoms with van der Waals surface area (Å²) in [6.45, 7) is 0. The third kappa shape index (κ3) is 6.19. The van der Waals surface area contributed by atoms with Crippen LogP contribution in [0, 0.1) is 0 Å². The molecule has 0 saturated carbocycles. The molecule has 318 valence electrons. The summed E-state index contributed by atoms with van der Waals surface area (Å²) in [4.78, 5) is 2.41. The van der Waals surface area contributed by atoms with E-state index >= 15 is 0 Å². The van der Waals surface area contributed by atoms with E-state index in [1.807, 2.05) is 11.3 Å². The Bertz CT molecular complexity index is 4210. The van der Waals surface area contributed by atoms with Gasteiger partial charge in [-0.3, -0.25) is 0 Å². The molecule has 11 aromatic carbocycles.